The number of rotatable bonds is 15. The molecule has 0 aromatic heterocycles. The fourth-order valence-electron chi connectivity index (χ4n) is 2.57. The Morgan fingerprint density at radius 3 is 1.87 bits per heavy atom. The van der Waals surface area contributed by atoms with Gasteiger partial charge in [0, 0.05) is 5.56 Å². The summed E-state index contributed by atoms with van der Waals surface area (Å²) in [5.41, 5.74) is -3.08. The fourth-order valence-corrected chi connectivity index (χ4v) is 2.57. The van der Waals surface area contributed by atoms with Crippen LogP contribution in [0.15, 0.2) is 24.3 Å². The Labute approximate surface area is 219 Å². The van der Waals surface area contributed by atoms with Crippen molar-refractivity contribution in [1.82, 2.24) is 0 Å². The summed E-state index contributed by atoms with van der Waals surface area (Å²) in [5.74, 6) is -3.84. The molecule has 1 aromatic rings. The summed E-state index contributed by atoms with van der Waals surface area (Å²) in [7, 11) is 0. The lowest BCUT2D eigenvalue weighted by molar-refractivity contribution is -0.378. The van der Waals surface area contributed by atoms with Gasteiger partial charge in [0.15, 0.2) is 5.60 Å². The van der Waals surface area contributed by atoms with Gasteiger partial charge in [-0.3, -0.25) is 9.59 Å². The van der Waals surface area contributed by atoms with Crippen molar-refractivity contribution in [3.05, 3.63) is 29.8 Å². The van der Waals surface area contributed by atoms with Gasteiger partial charge in [-0.25, -0.2) is 9.53 Å². The van der Waals surface area contributed by atoms with Gasteiger partial charge >= 0.3 is 30.3 Å². The first kappa shape index (κ1) is 34.1. The molecule has 0 unspecified atom stereocenters. The molecule has 0 heterocycles. The second-order valence-corrected chi connectivity index (χ2v) is 9.34. The van der Waals surface area contributed by atoms with E-state index in [4.69, 9.17) is 9.47 Å². The summed E-state index contributed by atoms with van der Waals surface area (Å²) in [6.07, 6.45) is -14.8. The smallest absolute Gasteiger partial charge is 0.460 e. The van der Waals surface area contributed by atoms with Gasteiger partial charge in [-0.05, 0) is 58.4 Å². The van der Waals surface area contributed by atoms with Crippen LogP contribution >= 0.6 is 0 Å². The van der Waals surface area contributed by atoms with Gasteiger partial charge in [0.05, 0.1) is 5.41 Å². The second kappa shape index (κ2) is 12.9. The first-order chi connectivity index (χ1) is 17.6. The number of ether oxygens (including phenoxy) is 5. The first-order valence-corrected chi connectivity index (χ1v) is 11.4. The third kappa shape index (κ3) is 11.4. The first-order valence-electron chi connectivity index (χ1n) is 11.4. The number of alkyl halides is 7. The van der Waals surface area contributed by atoms with Crippen LogP contribution in [0.3, 0.4) is 0 Å². The predicted octanol–water partition coefficient (Wildman–Crippen LogP) is 5.33. The molecule has 0 amide bonds. The lowest BCUT2D eigenvalue weighted by Gasteiger charge is -2.27. The van der Waals surface area contributed by atoms with E-state index in [1.165, 1.54) is 24.3 Å². The lowest BCUT2D eigenvalue weighted by Crippen LogP contribution is -2.47. The van der Waals surface area contributed by atoms with Crippen LogP contribution in [-0.2, 0) is 28.5 Å². The van der Waals surface area contributed by atoms with Crippen molar-refractivity contribution in [3.8, 4) is 5.75 Å². The summed E-state index contributed by atoms with van der Waals surface area (Å²) in [5, 5.41) is 0. The van der Waals surface area contributed by atoms with Gasteiger partial charge in [0.2, 0.25) is 5.78 Å². The van der Waals surface area contributed by atoms with Crippen molar-refractivity contribution in [3.63, 3.8) is 0 Å². The lowest BCUT2D eigenvalue weighted by atomic mass is 9.91. The molecule has 0 fully saturated rings. The molecule has 1 aromatic carbocycles. The summed E-state index contributed by atoms with van der Waals surface area (Å²) in [4.78, 5) is 36.4. The molecule has 0 saturated heterocycles. The predicted molar refractivity (Wildman–Crippen MR) is 119 cm³/mol. The minimum absolute atomic E-state index is 0.0110. The molecule has 15 heteroatoms. The van der Waals surface area contributed by atoms with Gasteiger partial charge in [-0.15, -0.1) is 0 Å². The van der Waals surface area contributed by atoms with E-state index in [1.54, 1.807) is 13.8 Å². The molecular formula is C24H29F7O8. The Bertz CT molecular complexity index is 989. The van der Waals surface area contributed by atoms with Crippen LogP contribution in [0.5, 0.6) is 5.75 Å². The molecule has 39 heavy (non-hydrogen) atoms. The van der Waals surface area contributed by atoms with E-state index in [-0.39, 0.29) is 24.5 Å². The third-order valence-corrected chi connectivity index (χ3v) is 5.08. The largest absolute Gasteiger partial charge is 0.490 e. The summed E-state index contributed by atoms with van der Waals surface area (Å²) in [6, 6.07) is 5.06. The van der Waals surface area contributed by atoms with Gasteiger partial charge < -0.3 is 18.9 Å². The zero-order valence-corrected chi connectivity index (χ0v) is 21.8. The van der Waals surface area contributed by atoms with E-state index in [9.17, 15) is 45.1 Å². The Hall–Kier alpha value is -2.94. The van der Waals surface area contributed by atoms with Crippen LogP contribution in [0.4, 0.5) is 30.7 Å². The highest BCUT2D eigenvalue weighted by molar-refractivity contribution is 6.03. The summed E-state index contributed by atoms with van der Waals surface area (Å²) in [6.45, 7) is 2.65. The van der Waals surface area contributed by atoms with Crippen molar-refractivity contribution in [2.75, 3.05) is 26.4 Å². The van der Waals surface area contributed by atoms with E-state index >= 15 is 0 Å². The molecule has 0 N–H and O–H groups in total. The topological polar surface area (TPSA) is 97.4 Å². The number of hydrogen-bond acceptors (Lipinski definition) is 8. The number of esters is 2. The Morgan fingerprint density at radius 2 is 1.36 bits per heavy atom. The molecule has 0 saturated carbocycles. The van der Waals surface area contributed by atoms with E-state index in [0.29, 0.717) is 6.42 Å². The van der Waals surface area contributed by atoms with Crippen LogP contribution in [-0.4, -0.2) is 68.1 Å². The third-order valence-electron chi connectivity index (χ3n) is 5.08. The Kier molecular flexibility index (Phi) is 11.3. The number of halogens is 7. The quantitative estimate of drug-likeness (QED) is 0.119. The maximum absolute atomic E-state index is 13.9. The molecule has 0 aliphatic rings. The Balaban J connectivity index is 2.70. The van der Waals surface area contributed by atoms with E-state index in [0.717, 1.165) is 13.8 Å². The maximum atomic E-state index is 13.9. The molecule has 0 bridgehead atoms. The number of carbonyl (C=O) groups excluding carboxylic acids is 3. The average molecular weight is 578 g/mol. The Morgan fingerprint density at radius 1 is 0.795 bits per heavy atom. The molecular weight excluding hydrogens is 549 g/mol. The molecule has 0 radical (unpaired) electrons. The number of hydrogen-bond donors (Lipinski definition) is 0. The van der Waals surface area contributed by atoms with Gasteiger partial charge in [0.25, 0.3) is 0 Å². The van der Waals surface area contributed by atoms with Crippen molar-refractivity contribution in [2.24, 2.45) is 5.41 Å². The van der Waals surface area contributed by atoms with E-state index in [1.807, 2.05) is 6.92 Å². The van der Waals surface area contributed by atoms with Gasteiger partial charge in [-0.2, -0.15) is 30.7 Å². The number of Topliss-reactive ketones (excluding diaryl/α,β-unsaturated/α-hetero) is 1. The highest BCUT2D eigenvalue weighted by atomic mass is 19.4. The molecule has 0 aliphatic carbocycles. The number of benzene rings is 1. The van der Waals surface area contributed by atoms with E-state index in [2.05, 4.69) is 14.2 Å². The molecule has 0 aliphatic heterocycles. The number of ketones is 1. The maximum Gasteiger partial charge on any atom is 0.460 e. The molecule has 0 spiro atoms. The second-order valence-electron chi connectivity index (χ2n) is 9.34. The normalized spacial score (nSPS) is 13.1. The summed E-state index contributed by atoms with van der Waals surface area (Å²) >= 11 is 0. The standard InChI is InChI=1S/C24H29F7O8/c1-6-20(2,3)18(33)37-12-11-36-16-9-7-15(8-10-16)17(32)21(4,5)38-19(34)24(30,31)39-23(28,29)14-35-13-22(25,26)27/h7-10H,6,11-14H2,1-5H3. The van der Waals surface area contributed by atoms with Crippen LogP contribution in [0.2, 0.25) is 0 Å². The number of carbonyl (C=O) groups is 3. The molecule has 8 nitrogen and oxygen atoms in total. The van der Waals surface area contributed by atoms with Crippen molar-refractivity contribution < 1.29 is 68.8 Å². The van der Waals surface area contributed by atoms with Crippen molar-refractivity contribution >= 4 is 17.7 Å². The van der Waals surface area contributed by atoms with Crippen molar-refractivity contribution in [2.45, 2.75) is 65.0 Å². The SMILES string of the molecule is CCC(C)(C)C(=O)OCCOc1ccc(C(=O)C(C)(C)OC(=O)C(F)(F)OC(F)(F)COCC(F)(F)F)cc1. The monoisotopic (exact) mass is 578 g/mol. The van der Waals surface area contributed by atoms with Gasteiger partial charge in [-0.1, -0.05) is 6.92 Å². The van der Waals surface area contributed by atoms with Gasteiger partial charge in [0.1, 0.15) is 32.2 Å². The highest BCUT2D eigenvalue weighted by Crippen LogP contribution is 2.31. The van der Waals surface area contributed by atoms with Crippen LogP contribution in [0.25, 0.3) is 0 Å². The summed E-state index contributed by atoms with van der Waals surface area (Å²) < 4.78 is 112. The van der Waals surface area contributed by atoms with Crippen LogP contribution in [0.1, 0.15) is 51.4 Å². The van der Waals surface area contributed by atoms with Crippen LogP contribution < -0.4 is 4.74 Å². The molecule has 1 rings (SSSR count). The highest BCUT2D eigenvalue weighted by Gasteiger charge is 2.54. The minimum atomic E-state index is -5.34. The molecule has 0 atom stereocenters. The van der Waals surface area contributed by atoms with Crippen LogP contribution in [0, 0.1) is 5.41 Å². The van der Waals surface area contributed by atoms with Crippen molar-refractivity contribution in [1.29, 1.82) is 0 Å². The average Bonchev–Trinajstić information content (AvgIpc) is 2.79. The minimum Gasteiger partial charge on any atom is -0.490 e. The zero-order chi connectivity index (χ0) is 30.3. The van der Waals surface area contributed by atoms with E-state index < -0.39 is 60.3 Å². The fraction of sp³-hybridized carbons (Fsp3) is 0.625. The molecule has 222 valence electrons. The zero-order valence-electron chi connectivity index (χ0n) is 21.8.